The van der Waals surface area contributed by atoms with Gasteiger partial charge in [0.05, 0.1) is 5.92 Å². The lowest BCUT2D eigenvalue weighted by atomic mass is 9.85. The summed E-state index contributed by atoms with van der Waals surface area (Å²) in [5, 5.41) is 6.50. The van der Waals surface area contributed by atoms with Crippen LogP contribution < -0.4 is 10.6 Å². The molecule has 1 aliphatic heterocycles. The third kappa shape index (κ3) is 4.62. The number of amides is 1. The summed E-state index contributed by atoms with van der Waals surface area (Å²) in [6, 6.07) is 16.6. The van der Waals surface area contributed by atoms with Gasteiger partial charge in [0, 0.05) is 19.6 Å². The molecule has 2 atom stereocenters. The van der Waals surface area contributed by atoms with Crippen molar-refractivity contribution in [1.82, 2.24) is 10.6 Å². The van der Waals surface area contributed by atoms with Gasteiger partial charge in [-0.15, -0.1) is 12.4 Å². The van der Waals surface area contributed by atoms with Gasteiger partial charge in [0.1, 0.15) is 0 Å². The Morgan fingerprint density at radius 2 is 1.84 bits per heavy atom. The highest BCUT2D eigenvalue weighted by Gasteiger charge is 2.25. The van der Waals surface area contributed by atoms with E-state index in [4.69, 9.17) is 0 Å². The number of nitrogens with one attached hydrogen (secondary N) is 2. The SMILES string of the molecule is CCC(C)C(C(=O)NCc1ccc2c(c1)CNC2)c1ccccc1.Cl. The van der Waals surface area contributed by atoms with Crippen molar-refractivity contribution in [2.75, 3.05) is 0 Å². The monoisotopic (exact) mass is 358 g/mol. The largest absolute Gasteiger partial charge is 0.351 e. The van der Waals surface area contributed by atoms with Crippen LogP contribution in [0.3, 0.4) is 0 Å². The van der Waals surface area contributed by atoms with Crippen molar-refractivity contribution in [2.24, 2.45) is 5.92 Å². The van der Waals surface area contributed by atoms with Gasteiger partial charge in [-0.05, 0) is 28.2 Å². The highest BCUT2D eigenvalue weighted by molar-refractivity contribution is 5.85. The van der Waals surface area contributed by atoms with Crippen molar-refractivity contribution in [3.63, 3.8) is 0 Å². The minimum atomic E-state index is -0.0905. The maximum atomic E-state index is 12.8. The van der Waals surface area contributed by atoms with Crippen molar-refractivity contribution in [1.29, 1.82) is 0 Å². The second-order valence-corrected chi connectivity index (χ2v) is 6.70. The molecular formula is C21H27ClN2O. The molecule has 1 heterocycles. The zero-order chi connectivity index (χ0) is 16.9. The first-order valence-electron chi connectivity index (χ1n) is 8.83. The van der Waals surface area contributed by atoms with Gasteiger partial charge in [-0.1, -0.05) is 68.8 Å². The molecule has 0 bridgehead atoms. The Hall–Kier alpha value is -1.84. The van der Waals surface area contributed by atoms with Crippen LogP contribution in [-0.2, 0) is 24.4 Å². The number of carbonyl (C=O) groups is 1. The zero-order valence-corrected chi connectivity index (χ0v) is 15.7. The molecule has 3 rings (SSSR count). The van der Waals surface area contributed by atoms with Gasteiger partial charge in [-0.3, -0.25) is 4.79 Å². The van der Waals surface area contributed by atoms with E-state index >= 15 is 0 Å². The van der Waals surface area contributed by atoms with Gasteiger partial charge in [0.15, 0.2) is 0 Å². The molecule has 0 aromatic heterocycles. The van der Waals surface area contributed by atoms with E-state index < -0.39 is 0 Å². The predicted octanol–water partition coefficient (Wildman–Crippen LogP) is 4.16. The van der Waals surface area contributed by atoms with Gasteiger partial charge in [-0.2, -0.15) is 0 Å². The molecule has 2 unspecified atom stereocenters. The Kier molecular flexibility index (Phi) is 7.03. The van der Waals surface area contributed by atoms with Crippen molar-refractivity contribution in [3.8, 4) is 0 Å². The highest BCUT2D eigenvalue weighted by Crippen LogP contribution is 2.27. The number of benzene rings is 2. The topological polar surface area (TPSA) is 41.1 Å². The van der Waals surface area contributed by atoms with Gasteiger partial charge in [0.25, 0.3) is 0 Å². The Balaban J connectivity index is 0.00000225. The molecule has 0 aliphatic carbocycles. The maximum Gasteiger partial charge on any atom is 0.228 e. The third-order valence-corrected chi connectivity index (χ3v) is 5.02. The lowest BCUT2D eigenvalue weighted by Gasteiger charge is -2.23. The van der Waals surface area contributed by atoms with Crippen molar-refractivity contribution in [3.05, 3.63) is 70.8 Å². The fourth-order valence-electron chi connectivity index (χ4n) is 3.39. The van der Waals surface area contributed by atoms with E-state index in [2.05, 4.69) is 54.8 Å². The molecule has 0 saturated carbocycles. The molecule has 1 amide bonds. The number of hydrogen-bond donors (Lipinski definition) is 2. The molecule has 0 radical (unpaired) electrons. The second-order valence-electron chi connectivity index (χ2n) is 6.70. The van der Waals surface area contributed by atoms with Gasteiger partial charge in [-0.25, -0.2) is 0 Å². The molecule has 0 fully saturated rings. The molecule has 2 aromatic carbocycles. The normalized spacial score (nSPS) is 15.0. The molecule has 1 aliphatic rings. The Bertz CT molecular complexity index is 702. The van der Waals surface area contributed by atoms with Crippen LogP contribution in [0.4, 0.5) is 0 Å². The summed E-state index contributed by atoms with van der Waals surface area (Å²) < 4.78 is 0. The van der Waals surface area contributed by atoms with Crippen LogP contribution in [0.1, 0.15) is 48.4 Å². The van der Waals surface area contributed by atoms with Crippen molar-refractivity contribution >= 4 is 18.3 Å². The van der Waals surface area contributed by atoms with Crippen molar-refractivity contribution in [2.45, 2.75) is 45.8 Å². The first-order valence-corrected chi connectivity index (χ1v) is 8.83. The molecule has 0 saturated heterocycles. The quantitative estimate of drug-likeness (QED) is 0.814. The first kappa shape index (κ1) is 19.5. The van der Waals surface area contributed by atoms with E-state index in [-0.39, 0.29) is 24.2 Å². The van der Waals surface area contributed by atoms with Crippen LogP contribution >= 0.6 is 12.4 Å². The minimum absolute atomic E-state index is 0. The fraction of sp³-hybridized carbons (Fsp3) is 0.381. The molecule has 0 spiro atoms. The van der Waals surface area contributed by atoms with E-state index in [9.17, 15) is 4.79 Å². The summed E-state index contributed by atoms with van der Waals surface area (Å²) in [4.78, 5) is 12.8. The van der Waals surface area contributed by atoms with Crippen LogP contribution in [0.5, 0.6) is 0 Å². The molecule has 134 valence electrons. The number of rotatable bonds is 6. The van der Waals surface area contributed by atoms with Gasteiger partial charge < -0.3 is 10.6 Å². The molecule has 4 heteroatoms. The Labute approximate surface area is 156 Å². The van der Waals surface area contributed by atoms with E-state index in [1.54, 1.807) is 0 Å². The van der Waals surface area contributed by atoms with Gasteiger partial charge in [0.2, 0.25) is 5.91 Å². The standard InChI is InChI=1S/C21H26N2O.ClH/c1-3-15(2)20(17-7-5-4-6-8-17)21(24)23-12-16-9-10-18-13-22-14-19(18)11-16;/h4-11,15,20,22H,3,12-14H2,1-2H3,(H,23,24);1H. The summed E-state index contributed by atoms with van der Waals surface area (Å²) in [6.45, 7) is 6.76. The zero-order valence-electron chi connectivity index (χ0n) is 14.9. The fourth-order valence-corrected chi connectivity index (χ4v) is 3.39. The minimum Gasteiger partial charge on any atom is -0.351 e. The molecule has 25 heavy (non-hydrogen) atoms. The Morgan fingerprint density at radius 3 is 2.56 bits per heavy atom. The average molecular weight is 359 g/mol. The van der Waals surface area contributed by atoms with E-state index in [1.807, 2.05) is 18.2 Å². The summed E-state index contributed by atoms with van der Waals surface area (Å²) in [6.07, 6.45) is 0.984. The van der Waals surface area contributed by atoms with Gasteiger partial charge >= 0.3 is 0 Å². The van der Waals surface area contributed by atoms with Crippen LogP contribution in [0.25, 0.3) is 0 Å². The highest BCUT2D eigenvalue weighted by atomic mass is 35.5. The molecule has 2 N–H and O–H groups in total. The number of fused-ring (bicyclic) bond motifs is 1. The molecule has 2 aromatic rings. The second kappa shape index (κ2) is 9.02. The summed E-state index contributed by atoms with van der Waals surface area (Å²) in [5.41, 5.74) is 4.99. The lowest BCUT2D eigenvalue weighted by molar-refractivity contribution is -0.123. The van der Waals surface area contributed by atoms with Crippen LogP contribution in [-0.4, -0.2) is 5.91 Å². The Morgan fingerprint density at radius 1 is 1.12 bits per heavy atom. The van der Waals surface area contributed by atoms with Crippen LogP contribution in [0.2, 0.25) is 0 Å². The number of halogens is 1. The van der Waals surface area contributed by atoms with Crippen LogP contribution in [0.15, 0.2) is 48.5 Å². The summed E-state index contributed by atoms with van der Waals surface area (Å²) in [5.74, 6) is 0.345. The van der Waals surface area contributed by atoms with E-state index in [0.29, 0.717) is 12.5 Å². The lowest BCUT2D eigenvalue weighted by Crippen LogP contribution is -2.32. The smallest absolute Gasteiger partial charge is 0.228 e. The van der Waals surface area contributed by atoms with Crippen LogP contribution in [0, 0.1) is 5.92 Å². The molecular weight excluding hydrogens is 332 g/mol. The first-order chi connectivity index (χ1) is 11.7. The van der Waals surface area contributed by atoms with E-state index in [0.717, 1.165) is 25.1 Å². The average Bonchev–Trinajstić information content (AvgIpc) is 3.08. The van der Waals surface area contributed by atoms with Crippen molar-refractivity contribution < 1.29 is 4.79 Å². The summed E-state index contributed by atoms with van der Waals surface area (Å²) in [7, 11) is 0. The molecule has 3 nitrogen and oxygen atoms in total. The number of carbonyl (C=O) groups excluding carboxylic acids is 1. The predicted molar refractivity (Wildman–Crippen MR) is 105 cm³/mol. The third-order valence-electron chi connectivity index (χ3n) is 5.02. The number of hydrogen-bond acceptors (Lipinski definition) is 2. The summed E-state index contributed by atoms with van der Waals surface area (Å²) >= 11 is 0. The van der Waals surface area contributed by atoms with E-state index in [1.165, 1.54) is 16.7 Å². The maximum absolute atomic E-state index is 12.8.